The monoisotopic (exact) mass is 372 g/mol. The molecule has 0 N–H and O–H groups in total. The van der Waals surface area contributed by atoms with E-state index in [4.69, 9.17) is 0 Å². The van der Waals surface area contributed by atoms with Gasteiger partial charge in [0.05, 0.1) is 10.9 Å². The van der Waals surface area contributed by atoms with Crippen LogP contribution in [-0.4, -0.2) is 0 Å². The predicted octanol–water partition coefficient (Wildman–Crippen LogP) is 7.04. The number of aryl methyl sites for hydroxylation is 2. The lowest BCUT2D eigenvalue weighted by Crippen LogP contribution is -2.35. The molecule has 0 radical (unpaired) electrons. The van der Waals surface area contributed by atoms with Crippen LogP contribution < -0.4 is 4.57 Å². The van der Waals surface area contributed by atoms with E-state index in [0.717, 1.165) is 5.92 Å². The molecule has 1 aromatic heterocycles. The van der Waals surface area contributed by atoms with Gasteiger partial charge in [-0.25, -0.2) is 0 Å². The predicted molar refractivity (Wildman–Crippen MR) is 120 cm³/mol. The molecule has 2 aromatic carbocycles. The summed E-state index contributed by atoms with van der Waals surface area (Å²) in [5.41, 5.74) is 9.80. The fraction of sp³-hybridized carbons (Fsp3) is 0.444. The standard InChI is InChI=1S/C27H34N/c1-17(2)23-13-18(3)20(5)26(16-23)27-25-12-11-22(21-9-7-8-10-21)15-24(25)14-19(4)28(27)6/h11-17,21H,7-10H2,1-6H3/q+1. The first-order valence-corrected chi connectivity index (χ1v) is 10.9. The maximum atomic E-state index is 2.47. The van der Waals surface area contributed by atoms with Crippen LogP contribution in [0.3, 0.4) is 0 Å². The van der Waals surface area contributed by atoms with Crippen LogP contribution in [0.5, 0.6) is 0 Å². The summed E-state index contributed by atoms with van der Waals surface area (Å²) in [4.78, 5) is 0. The first kappa shape index (κ1) is 19.2. The lowest BCUT2D eigenvalue weighted by atomic mass is 9.89. The molecule has 1 heteroatoms. The zero-order chi connectivity index (χ0) is 20.0. The van der Waals surface area contributed by atoms with Gasteiger partial charge in [-0.3, -0.25) is 0 Å². The van der Waals surface area contributed by atoms with Crippen molar-refractivity contribution in [1.29, 1.82) is 0 Å². The van der Waals surface area contributed by atoms with Gasteiger partial charge in [0, 0.05) is 13.0 Å². The van der Waals surface area contributed by atoms with Crippen LogP contribution in [0.25, 0.3) is 22.0 Å². The molecule has 0 amide bonds. The maximum Gasteiger partial charge on any atom is 0.220 e. The van der Waals surface area contributed by atoms with E-state index in [-0.39, 0.29) is 0 Å². The first-order chi connectivity index (χ1) is 13.4. The zero-order valence-corrected chi connectivity index (χ0v) is 18.4. The Hall–Kier alpha value is -2.15. The Morgan fingerprint density at radius 2 is 1.64 bits per heavy atom. The molecule has 0 spiro atoms. The van der Waals surface area contributed by atoms with Crippen molar-refractivity contribution in [3.8, 4) is 11.3 Å². The van der Waals surface area contributed by atoms with E-state index in [2.05, 4.69) is 82.6 Å². The molecule has 1 aliphatic carbocycles. The topological polar surface area (TPSA) is 3.88 Å². The van der Waals surface area contributed by atoms with Crippen LogP contribution in [0, 0.1) is 20.8 Å². The van der Waals surface area contributed by atoms with Crippen molar-refractivity contribution in [2.45, 2.75) is 72.1 Å². The highest BCUT2D eigenvalue weighted by atomic mass is 14.9. The molecule has 1 nitrogen and oxygen atoms in total. The van der Waals surface area contributed by atoms with Gasteiger partial charge in [0.2, 0.25) is 5.69 Å². The Balaban J connectivity index is 1.97. The van der Waals surface area contributed by atoms with Crippen LogP contribution in [0.1, 0.15) is 79.3 Å². The van der Waals surface area contributed by atoms with Crippen LogP contribution >= 0.6 is 0 Å². The Kier molecular flexibility index (Phi) is 5.04. The summed E-state index contributed by atoms with van der Waals surface area (Å²) < 4.78 is 2.38. The molecular weight excluding hydrogens is 338 g/mol. The van der Waals surface area contributed by atoms with Crippen molar-refractivity contribution in [2.24, 2.45) is 7.05 Å². The van der Waals surface area contributed by atoms with Crippen LogP contribution in [-0.2, 0) is 7.05 Å². The molecule has 0 saturated heterocycles. The van der Waals surface area contributed by atoms with E-state index in [0.29, 0.717) is 5.92 Å². The summed E-state index contributed by atoms with van der Waals surface area (Å²) in [6.45, 7) is 11.3. The van der Waals surface area contributed by atoms with Crippen molar-refractivity contribution in [2.75, 3.05) is 0 Å². The Bertz CT molecular complexity index is 1040. The molecular formula is C27H34N+. The molecule has 3 aromatic rings. The fourth-order valence-corrected chi connectivity index (χ4v) is 4.90. The number of benzene rings is 2. The van der Waals surface area contributed by atoms with E-state index < -0.39 is 0 Å². The van der Waals surface area contributed by atoms with Gasteiger partial charge in [0.15, 0.2) is 5.69 Å². The average molecular weight is 373 g/mol. The van der Waals surface area contributed by atoms with Crippen molar-refractivity contribution >= 4 is 10.8 Å². The van der Waals surface area contributed by atoms with Crippen molar-refractivity contribution in [1.82, 2.24) is 0 Å². The quantitative estimate of drug-likeness (QED) is 0.434. The highest BCUT2D eigenvalue weighted by Gasteiger charge is 2.23. The van der Waals surface area contributed by atoms with Gasteiger partial charge in [-0.05, 0) is 78.3 Å². The third kappa shape index (κ3) is 3.26. The van der Waals surface area contributed by atoms with Gasteiger partial charge in [-0.15, -0.1) is 0 Å². The van der Waals surface area contributed by atoms with Crippen LogP contribution in [0.2, 0.25) is 0 Å². The minimum absolute atomic E-state index is 0.536. The second-order valence-electron chi connectivity index (χ2n) is 9.19. The summed E-state index contributed by atoms with van der Waals surface area (Å²) in [5.74, 6) is 1.30. The summed E-state index contributed by atoms with van der Waals surface area (Å²) >= 11 is 0. The lowest BCUT2D eigenvalue weighted by Gasteiger charge is -2.16. The highest BCUT2D eigenvalue weighted by Crippen LogP contribution is 2.37. The van der Waals surface area contributed by atoms with Gasteiger partial charge in [-0.1, -0.05) is 44.9 Å². The van der Waals surface area contributed by atoms with E-state index in [1.807, 2.05) is 0 Å². The minimum Gasteiger partial charge on any atom is -0.198 e. The Morgan fingerprint density at radius 1 is 0.929 bits per heavy atom. The molecule has 0 atom stereocenters. The number of fused-ring (bicyclic) bond motifs is 1. The molecule has 0 bridgehead atoms. The molecule has 1 fully saturated rings. The van der Waals surface area contributed by atoms with E-state index >= 15 is 0 Å². The Labute approximate surface area is 170 Å². The number of nitrogens with zero attached hydrogens (tertiary/aromatic N) is 1. The summed E-state index contributed by atoms with van der Waals surface area (Å²) in [6.07, 6.45) is 5.48. The van der Waals surface area contributed by atoms with Gasteiger partial charge in [0.25, 0.3) is 0 Å². The third-order valence-corrected chi connectivity index (χ3v) is 7.00. The summed E-state index contributed by atoms with van der Waals surface area (Å²) in [7, 11) is 2.21. The van der Waals surface area contributed by atoms with Crippen molar-refractivity contribution in [3.05, 3.63) is 64.3 Å². The smallest absolute Gasteiger partial charge is 0.198 e. The zero-order valence-electron chi connectivity index (χ0n) is 18.4. The van der Waals surface area contributed by atoms with Crippen LogP contribution in [0.15, 0.2) is 36.4 Å². The largest absolute Gasteiger partial charge is 0.220 e. The number of rotatable bonds is 3. The maximum absolute atomic E-state index is 2.47. The highest BCUT2D eigenvalue weighted by molar-refractivity contribution is 5.94. The lowest BCUT2D eigenvalue weighted by molar-refractivity contribution is -0.665. The molecule has 0 unspecified atom stereocenters. The minimum atomic E-state index is 0.536. The number of hydrogen-bond donors (Lipinski definition) is 0. The number of aromatic nitrogens is 1. The SMILES string of the molecule is Cc1cc(C(C)C)cc(-c2c3ccc(C4CCCC4)cc3cc(C)[n+]2C)c1C. The van der Waals surface area contributed by atoms with Gasteiger partial charge in [0.1, 0.15) is 7.05 Å². The van der Waals surface area contributed by atoms with Gasteiger partial charge >= 0.3 is 0 Å². The number of pyridine rings is 1. The van der Waals surface area contributed by atoms with E-state index in [1.165, 1.54) is 75.7 Å². The summed E-state index contributed by atoms with van der Waals surface area (Å²) in [6, 6.07) is 14.4. The van der Waals surface area contributed by atoms with E-state index in [1.54, 1.807) is 0 Å². The molecule has 0 aliphatic heterocycles. The fourth-order valence-electron chi connectivity index (χ4n) is 4.90. The molecule has 1 aliphatic rings. The van der Waals surface area contributed by atoms with E-state index in [9.17, 15) is 0 Å². The third-order valence-electron chi connectivity index (χ3n) is 7.00. The Morgan fingerprint density at radius 3 is 2.32 bits per heavy atom. The molecule has 28 heavy (non-hydrogen) atoms. The molecule has 4 rings (SSSR count). The average Bonchev–Trinajstić information content (AvgIpc) is 3.19. The summed E-state index contributed by atoms with van der Waals surface area (Å²) in [5, 5.41) is 2.76. The van der Waals surface area contributed by atoms with Crippen molar-refractivity contribution < 1.29 is 4.57 Å². The van der Waals surface area contributed by atoms with Crippen LogP contribution in [0.4, 0.5) is 0 Å². The normalized spacial score (nSPS) is 15.1. The molecule has 146 valence electrons. The number of hydrogen-bond acceptors (Lipinski definition) is 0. The second kappa shape index (κ2) is 7.35. The van der Waals surface area contributed by atoms with Crippen molar-refractivity contribution in [3.63, 3.8) is 0 Å². The molecule has 1 heterocycles. The molecule has 1 saturated carbocycles. The second-order valence-corrected chi connectivity index (χ2v) is 9.19. The van der Waals surface area contributed by atoms with Gasteiger partial charge in [-0.2, -0.15) is 4.57 Å². The first-order valence-electron chi connectivity index (χ1n) is 10.9. The van der Waals surface area contributed by atoms with Gasteiger partial charge < -0.3 is 0 Å².